The molecule has 0 unspecified atom stereocenters. The van der Waals surface area contributed by atoms with E-state index in [0.29, 0.717) is 17.2 Å². The van der Waals surface area contributed by atoms with Crippen LogP contribution in [0, 0.1) is 11.7 Å². The molecule has 0 spiro atoms. The standard InChI is InChI=1S/C21H25FO4/c1-6-18-19(22)9-8-15-11-17(12-16(20(15)18)10-13(3)4)25-14(5)26-21(23)24-7-2/h6,8-9,11-14H,1,7,10H2,2-5H3/t14-/m0/s1. The van der Waals surface area contributed by atoms with Crippen LogP contribution in [-0.2, 0) is 15.9 Å². The minimum Gasteiger partial charge on any atom is -0.455 e. The molecular weight excluding hydrogens is 335 g/mol. The third-order valence-electron chi connectivity index (χ3n) is 3.82. The van der Waals surface area contributed by atoms with Crippen molar-refractivity contribution in [3.63, 3.8) is 0 Å². The zero-order valence-electron chi connectivity index (χ0n) is 15.7. The Balaban J connectivity index is 2.41. The second kappa shape index (κ2) is 8.70. The summed E-state index contributed by atoms with van der Waals surface area (Å²) in [6, 6.07) is 6.79. The molecule has 0 aliphatic rings. The van der Waals surface area contributed by atoms with Crippen LogP contribution >= 0.6 is 0 Å². The first kappa shape index (κ1) is 19.8. The largest absolute Gasteiger partial charge is 0.511 e. The van der Waals surface area contributed by atoms with Gasteiger partial charge in [-0.15, -0.1) is 0 Å². The number of halogens is 1. The predicted octanol–water partition coefficient (Wildman–Crippen LogP) is 5.72. The minimum atomic E-state index is -0.808. The van der Waals surface area contributed by atoms with Crippen molar-refractivity contribution in [2.24, 2.45) is 5.92 Å². The van der Waals surface area contributed by atoms with Crippen LogP contribution in [-0.4, -0.2) is 19.1 Å². The highest BCUT2D eigenvalue weighted by Gasteiger charge is 2.16. The molecule has 4 nitrogen and oxygen atoms in total. The van der Waals surface area contributed by atoms with Gasteiger partial charge in [-0.3, -0.25) is 0 Å². The summed E-state index contributed by atoms with van der Waals surface area (Å²) in [6.45, 7) is 11.5. The van der Waals surface area contributed by atoms with Crippen LogP contribution in [0.2, 0.25) is 0 Å². The van der Waals surface area contributed by atoms with E-state index in [2.05, 4.69) is 20.4 Å². The Morgan fingerprint density at radius 3 is 2.62 bits per heavy atom. The van der Waals surface area contributed by atoms with E-state index in [1.54, 1.807) is 26.0 Å². The molecule has 2 rings (SSSR count). The monoisotopic (exact) mass is 360 g/mol. The summed E-state index contributed by atoms with van der Waals surface area (Å²) in [5.41, 5.74) is 1.45. The Hall–Kier alpha value is -2.56. The van der Waals surface area contributed by atoms with Gasteiger partial charge in [0.15, 0.2) is 0 Å². The summed E-state index contributed by atoms with van der Waals surface area (Å²) in [6.07, 6.45) is 0.705. The Morgan fingerprint density at radius 2 is 2.00 bits per heavy atom. The van der Waals surface area contributed by atoms with Crippen molar-refractivity contribution in [1.29, 1.82) is 0 Å². The molecule has 0 bridgehead atoms. The van der Waals surface area contributed by atoms with E-state index in [1.807, 2.05) is 6.07 Å². The lowest BCUT2D eigenvalue weighted by Crippen LogP contribution is -2.21. The number of rotatable bonds is 7. The number of hydrogen-bond acceptors (Lipinski definition) is 4. The second-order valence-electron chi connectivity index (χ2n) is 6.43. The molecule has 0 saturated heterocycles. The van der Waals surface area contributed by atoms with Crippen molar-refractivity contribution in [2.75, 3.05) is 6.61 Å². The Bertz CT molecular complexity index is 798. The zero-order chi connectivity index (χ0) is 19.3. The number of hydrogen-bond donors (Lipinski definition) is 0. The van der Waals surface area contributed by atoms with Crippen molar-refractivity contribution < 1.29 is 23.4 Å². The van der Waals surface area contributed by atoms with Crippen LogP contribution in [0.15, 0.2) is 30.8 Å². The molecule has 0 N–H and O–H groups in total. The van der Waals surface area contributed by atoms with E-state index in [4.69, 9.17) is 14.2 Å². The van der Waals surface area contributed by atoms with Crippen LogP contribution in [0.4, 0.5) is 9.18 Å². The summed E-state index contributed by atoms with van der Waals surface area (Å²) >= 11 is 0. The predicted molar refractivity (Wildman–Crippen MR) is 101 cm³/mol. The van der Waals surface area contributed by atoms with Crippen molar-refractivity contribution >= 4 is 23.0 Å². The molecule has 0 fully saturated rings. The van der Waals surface area contributed by atoms with Crippen LogP contribution in [0.5, 0.6) is 5.75 Å². The number of carbonyl (C=O) groups is 1. The molecule has 0 aromatic heterocycles. The maximum Gasteiger partial charge on any atom is 0.511 e. The average Bonchev–Trinajstić information content (AvgIpc) is 2.54. The molecule has 0 aliphatic carbocycles. The Kier molecular flexibility index (Phi) is 6.61. The van der Waals surface area contributed by atoms with Crippen molar-refractivity contribution in [3.8, 4) is 5.75 Å². The third-order valence-corrected chi connectivity index (χ3v) is 3.82. The maximum absolute atomic E-state index is 14.2. The first-order chi connectivity index (χ1) is 12.3. The number of ether oxygens (including phenoxy) is 3. The van der Waals surface area contributed by atoms with Crippen molar-refractivity contribution in [1.82, 2.24) is 0 Å². The SMILES string of the molecule is C=Cc1c(F)ccc2cc(O[C@H](C)OC(=O)OCC)cc(CC(C)C)c12. The Labute approximate surface area is 153 Å². The molecule has 0 radical (unpaired) electrons. The van der Waals surface area contributed by atoms with Gasteiger partial charge in [0.1, 0.15) is 11.6 Å². The summed E-state index contributed by atoms with van der Waals surface area (Å²) in [5, 5.41) is 1.68. The fourth-order valence-electron chi connectivity index (χ4n) is 2.90. The highest BCUT2D eigenvalue weighted by molar-refractivity contribution is 5.94. The van der Waals surface area contributed by atoms with E-state index in [1.165, 1.54) is 12.1 Å². The molecule has 2 aromatic carbocycles. The fraction of sp³-hybridized carbons (Fsp3) is 0.381. The van der Waals surface area contributed by atoms with Crippen LogP contribution < -0.4 is 4.74 Å². The first-order valence-electron chi connectivity index (χ1n) is 8.73. The molecule has 140 valence electrons. The summed E-state index contributed by atoms with van der Waals surface area (Å²) in [5.74, 6) is 0.624. The van der Waals surface area contributed by atoms with Gasteiger partial charge in [0.05, 0.1) is 6.61 Å². The lowest BCUT2D eigenvalue weighted by atomic mass is 9.93. The van der Waals surface area contributed by atoms with Gasteiger partial charge in [-0.05, 0) is 53.8 Å². The van der Waals surface area contributed by atoms with Gasteiger partial charge in [0.25, 0.3) is 0 Å². The molecule has 0 heterocycles. The van der Waals surface area contributed by atoms with E-state index in [-0.39, 0.29) is 12.4 Å². The van der Waals surface area contributed by atoms with Gasteiger partial charge in [-0.2, -0.15) is 0 Å². The molecular formula is C21H25FO4. The maximum atomic E-state index is 14.2. The lowest BCUT2D eigenvalue weighted by Gasteiger charge is -2.18. The number of benzene rings is 2. The third kappa shape index (κ3) is 4.75. The second-order valence-corrected chi connectivity index (χ2v) is 6.43. The van der Waals surface area contributed by atoms with Gasteiger partial charge in [-0.25, -0.2) is 9.18 Å². The first-order valence-corrected chi connectivity index (χ1v) is 8.73. The van der Waals surface area contributed by atoms with Crippen LogP contribution in [0.3, 0.4) is 0 Å². The van der Waals surface area contributed by atoms with Gasteiger partial charge >= 0.3 is 6.16 Å². The van der Waals surface area contributed by atoms with Crippen LogP contribution in [0.25, 0.3) is 16.8 Å². The normalized spacial score (nSPS) is 12.1. The smallest absolute Gasteiger partial charge is 0.455 e. The summed E-state index contributed by atoms with van der Waals surface area (Å²) in [7, 11) is 0. The zero-order valence-corrected chi connectivity index (χ0v) is 15.7. The molecule has 0 saturated carbocycles. The molecule has 26 heavy (non-hydrogen) atoms. The quantitative estimate of drug-likeness (QED) is 0.468. The number of fused-ring (bicyclic) bond motifs is 1. The highest BCUT2D eigenvalue weighted by Crippen LogP contribution is 2.32. The molecule has 2 aromatic rings. The van der Waals surface area contributed by atoms with Crippen molar-refractivity contribution in [3.05, 3.63) is 47.8 Å². The molecule has 0 amide bonds. The van der Waals surface area contributed by atoms with E-state index < -0.39 is 12.4 Å². The summed E-state index contributed by atoms with van der Waals surface area (Å²) in [4.78, 5) is 11.4. The number of carbonyl (C=O) groups excluding carboxylic acids is 1. The van der Waals surface area contributed by atoms with Gasteiger partial charge in [0.2, 0.25) is 6.29 Å². The summed E-state index contributed by atoms with van der Waals surface area (Å²) < 4.78 is 29.7. The lowest BCUT2D eigenvalue weighted by molar-refractivity contribution is -0.0518. The van der Waals surface area contributed by atoms with Gasteiger partial charge < -0.3 is 14.2 Å². The van der Waals surface area contributed by atoms with E-state index in [9.17, 15) is 9.18 Å². The Morgan fingerprint density at radius 1 is 1.27 bits per heavy atom. The fourth-order valence-corrected chi connectivity index (χ4v) is 2.90. The van der Waals surface area contributed by atoms with Crippen LogP contribution in [0.1, 0.15) is 38.8 Å². The molecule has 0 aliphatic heterocycles. The van der Waals surface area contributed by atoms with Gasteiger partial charge in [0, 0.05) is 12.5 Å². The topological polar surface area (TPSA) is 44.8 Å². The minimum absolute atomic E-state index is 0.232. The molecule has 5 heteroatoms. The highest BCUT2D eigenvalue weighted by atomic mass is 19.1. The van der Waals surface area contributed by atoms with E-state index in [0.717, 1.165) is 22.8 Å². The average molecular weight is 360 g/mol. The van der Waals surface area contributed by atoms with Gasteiger partial charge in [-0.1, -0.05) is 32.6 Å². The van der Waals surface area contributed by atoms with Crippen molar-refractivity contribution in [2.45, 2.75) is 40.4 Å². The van der Waals surface area contributed by atoms with E-state index >= 15 is 0 Å². The molecule has 1 atom stereocenters.